The lowest BCUT2D eigenvalue weighted by Gasteiger charge is -2.20. The lowest BCUT2D eigenvalue weighted by molar-refractivity contribution is 0.0929. The minimum Gasteiger partial charge on any atom is -0.507 e. The molecule has 1 rings (SSSR count). The van der Waals surface area contributed by atoms with Crippen molar-refractivity contribution in [2.24, 2.45) is 5.92 Å². The number of carbonyl (C=O) groups is 1. The number of halogens is 2. The molecule has 0 saturated heterocycles. The second-order valence-electron chi connectivity index (χ2n) is 4.14. The number of aromatic hydroxyl groups is 1. The van der Waals surface area contributed by atoms with Crippen molar-refractivity contribution in [3.8, 4) is 5.75 Å². The van der Waals surface area contributed by atoms with E-state index in [9.17, 15) is 9.90 Å². The Labute approximate surface area is 129 Å². The zero-order valence-corrected chi connectivity index (χ0v) is 14.0. The van der Waals surface area contributed by atoms with Crippen LogP contribution < -0.4 is 5.32 Å². The largest absolute Gasteiger partial charge is 0.507 e. The Bertz CT molecular complexity index is 407. The van der Waals surface area contributed by atoms with E-state index in [0.29, 0.717) is 11.5 Å². The molecule has 0 radical (unpaired) electrons. The van der Waals surface area contributed by atoms with Crippen LogP contribution in [0.5, 0.6) is 5.75 Å². The molecule has 0 fully saturated rings. The van der Waals surface area contributed by atoms with Gasteiger partial charge in [0.2, 0.25) is 0 Å². The molecule has 1 atom stereocenters. The van der Waals surface area contributed by atoms with Crippen molar-refractivity contribution in [1.82, 2.24) is 5.32 Å². The first-order valence-corrected chi connectivity index (χ1v) is 7.91. The summed E-state index contributed by atoms with van der Waals surface area (Å²) in [6.45, 7) is 4.14. The minimum atomic E-state index is -0.212. The summed E-state index contributed by atoms with van der Waals surface area (Å²) in [5, 5.41) is 12.6. The van der Waals surface area contributed by atoms with E-state index in [1.54, 1.807) is 18.2 Å². The highest BCUT2D eigenvalue weighted by Gasteiger charge is 2.18. The molecule has 1 unspecified atom stereocenters. The predicted molar refractivity (Wildman–Crippen MR) is 85.8 cm³/mol. The van der Waals surface area contributed by atoms with E-state index in [2.05, 4.69) is 64.3 Å². The van der Waals surface area contributed by atoms with Crippen LogP contribution >= 0.6 is 45.2 Å². The Morgan fingerprint density at radius 2 is 2.12 bits per heavy atom. The predicted octanol–water partition coefficient (Wildman–Crippen LogP) is 3.19. The molecule has 1 amide bonds. The fourth-order valence-corrected chi connectivity index (χ4v) is 3.05. The smallest absolute Gasteiger partial charge is 0.255 e. The van der Waals surface area contributed by atoms with Crippen LogP contribution in [-0.4, -0.2) is 21.5 Å². The van der Waals surface area contributed by atoms with E-state index in [0.717, 1.165) is 8.00 Å². The molecule has 1 aromatic carbocycles. The molecule has 0 aliphatic heterocycles. The molecule has 0 saturated carbocycles. The third-order valence-corrected chi connectivity index (χ3v) is 4.11. The van der Waals surface area contributed by atoms with Crippen molar-refractivity contribution in [2.75, 3.05) is 4.43 Å². The average Bonchev–Trinajstić information content (AvgIpc) is 2.28. The molecule has 0 aliphatic rings. The summed E-state index contributed by atoms with van der Waals surface area (Å²) in [7, 11) is 0. The van der Waals surface area contributed by atoms with Crippen molar-refractivity contribution >= 4 is 51.1 Å². The highest BCUT2D eigenvalue weighted by atomic mass is 127. The number of hydrogen-bond acceptors (Lipinski definition) is 2. The summed E-state index contributed by atoms with van der Waals surface area (Å²) in [6.07, 6.45) is 0. The number of carbonyl (C=O) groups excluding carboxylic acids is 1. The number of hydrogen-bond donors (Lipinski definition) is 2. The van der Waals surface area contributed by atoms with Crippen LogP contribution in [0.25, 0.3) is 0 Å². The van der Waals surface area contributed by atoms with Crippen LogP contribution in [0.15, 0.2) is 18.2 Å². The number of amides is 1. The van der Waals surface area contributed by atoms with Crippen molar-refractivity contribution in [3.63, 3.8) is 0 Å². The molecule has 3 nitrogen and oxygen atoms in total. The third kappa shape index (κ3) is 4.27. The Morgan fingerprint density at radius 3 is 2.65 bits per heavy atom. The number of benzene rings is 1. The molecule has 0 bridgehead atoms. The van der Waals surface area contributed by atoms with Crippen LogP contribution in [0.4, 0.5) is 0 Å². The molecule has 17 heavy (non-hydrogen) atoms. The van der Waals surface area contributed by atoms with Gasteiger partial charge in [0.25, 0.3) is 5.91 Å². The second kappa shape index (κ2) is 6.77. The topological polar surface area (TPSA) is 49.3 Å². The van der Waals surface area contributed by atoms with Gasteiger partial charge in [-0.15, -0.1) is 0 Å². The van der Waals surface area contributed by atoms with E-state index < -0.39 is 0 Å². The maximum Gasteiger partial charge on any atom is 0.255 e. The van der Waals surface area contributed by atoms with Crippen molar-refractivity contribution in [2.45, 2.75) is 19.9 Å². The van der Waals surface area contributed by atoms with Crippen LogP contribution in [0.3, 0.4) is 0 Å². The van der Waals surface area contributed by atoms with Gasteiger partial charge in [-0.3, -0.25) is 4.79 Å². The lowest BCUT2D eigenvalue weighted by Crippen LogP contribution is -2.39. The summed E-state index contributed by atoms with van der Waals surface area (Å²) in [4.78, 5) is 12.0. The van der Waals surface area contributed by atoms with Gasteiger partial charge in [-0.25, -0.2) is 0 Å². The van der Waals surface area contributed by atoms with Crippen molar-refractivity contribution < 1.29 is 9.90 Å². The molecular weight excluding hydrogens is 444 g/mol. The Hall–Kier alpha value is -0.0500. The average molecular weight is 459 g/mol. The van der Waals surface area contributed by atoms with Gasteiger partial charge < -0.3 is 10.4 Å². The number of rotatable bonds is 4. The van der Waals surface area contributed by atoms with Crippen LogP contribution in [-0.2, 0) is 0 Å². The van der Waals surface area contributed by atoms with Gasteiger partial charge in [-0.2, -0.15) is 0 Å². The molecule has 94 valence electrons. The summed E-state index contributed by atoms with van der Waals surface area (Å²) < 4.78 is 1.78. The van der Waals surface area contributed by atoms with E-state index in [4.69, 9.17) is 0 Å². The fraction of sp³-hybridized carbons (Fsp3) is 0.417. The van der Waals surface area contributed by atoms with E-state index >= 15 is 0 Å². The van der Waals surface area contributed by atoms with Crippen molar-refractivity contribution in [1.29, 1.82) is 0 Å². The minimum absolute atomic E-state index is 0.0267. The zero-order valence-electron chi connectivity index (χ0n) is 9.71. The Balaban J connectivity index is 2.86. The van der Waals surface area contributed by atoms with Gasteiger partial charge in [0.1, 0.15) is 5.75 Å². The van der Waals surface area contributed by atoms with Crippen LogP contribution in [0.1, 0.15) is 24.2 Å². The molecule has 1 aromatic rings. The van der Waals surface area contributed by atoms with Gasteiger partial charge in [0.05, 0.1) is 5.56 Å². The summed E-state index contributed by atoms with van der Waals surface area (Å²) in [5.74, 6) is 0.191. The van der Waals surface area contributed by atoms with E-state index in [1.807, 2.05) is 0 Å². The highest BCUT2D eigenvalue weighted by Crippen LogP contribution is 2.20. The number of nitrogens with one attached hydrogen (secondary N) is 1. The lowest BCUT2D eigenvalue weighted by atomic mass is 10.1. The van der Waals surface area contributed by atoms with Crippen molar-refractivity contribution in [3.05, 3.63) is 27.3 Å². The van der Waals surface area contributed by atoms with Gasteiger partial charge in [0.15, 0.2) is 0 Å². The number of phenols is 1. The molecular formula is C12H15I2NO2. The SMILES string of the molecule is CC(C)C(CI)NC(=O)c1cc(I)ccc1O. The molecule has 5 heteroatoms. The van der Waals surface area contributed by atoms with E-state index in [-0.39, 0.29) is 17.7 Å². The second-order valence-corrected chi connectivity index (χ2v) is 6.27. The normalized spacial score (nSPS) is 12.5. The van der Waals surface area contributed by atoms with Gasteiger partial charge in [-0.05, 0) is 46.7 Å². The molecule has 2 N–H and O–H groups in total. The molecule has 0 aromatic heterocycles. The first-order valence-electron chi connectivity index (χ1n) is 5.31. The van der Waals surface area contributed by atoms with E-state index in [1.165, 1.54) is 0 Å². The molecule has 0 spiro atoms. The van der Waals surface area contributed by atoms with Crippen LogP contribution in [0, 0.1) is 9.49 Å². The first kappa shape index (κ1) is 15.0. The summed E-state index contributed by atoms with van der Waals surface area (Å²) >= 11 is 4.37. The van der Waals surface area contributed by atoms with Gasteiger partial charge in [0, 0.05) is 14.0 Å². The zero-order chi connectivity index (χ0) is 13.0. The van der Waals surface area contributed by atoms with Gasteiger partial charge in [-0.1, -0.05) is 36.4 Å². The fourth-order valence-electron chi connectivity index (χ4n) is 1.32. The Kier molecular flexibility index (Phi) is 5.98. The number of alkyl halides is 1. The highest BCUT2D eigenvalue weighted by molar-refractivity contribution is 14.1. The number of phenolic OH excluding ortho intramolecular Hbond substituents is 1. The standard InChI is InChI=1S/C12H15I2NO2/c1-7(2)10(6-13)15-12(17)9-5-8(14)3-4-11(9)16/h3-5,7,10,16H,6H2,1-2H3,(H,15,17). The third-order valence-electron chi connectivity index (χ3n) is 2.49. The monoisotopic (exact) mass is 459 g/mol. The first-order chi connectivity index (χ1) is 7.95. The summed E-state index contributed by atoms with van der Waals surface area (Å²) in [6, 6.07) is 5.13. The van der Waals surface area contributed by atoms with Crippen LogP contribution in [0.2, 0.25) is 0 Å². The maximum atomic E-state index is 12.0. The summed E-state index contributed by atoms with van der Waals surface area (Å²) in [5.41, 5.74) is 0.340. The Morgan fingerprint density at radius 1 is 1.47 bits per heavy atom. The quantitative estimate of drug-likeness (QED) is 0.537. The van der Waals surface area contributed by atoms with Gasteiger partial charge >= 0.3 is 0 Å². The maximum absolute atomic E-state index is 12.0. The molecule has 0 heterocycles. The molecule has 0 aliphatic carbocycles.